The van der Waals surface area contributed by atoms with Crippen LogP contribution in [0.4, 0.5) is 0 Å². The Balaban J connectivity index is 1.43. The fourth-order valence-corrected chi connectivity index (χ4v) is 4.73. The van der Waals surface area contributed by atoms with Crippen LogP contribution in [0, 0.1) is 5.92 Å². The minimum atomic E-state index is 0.769. The molecule has 0 aliphatic heterocycles. The topological polar surface area (TPSA) is 9.23 Å². The van der Waals surface area contributed by atoms with E-state index in [4.69, 9.17) is 4.74 Å². The molecule has 2 aromatic rings. The fourth-order valence-electron chi connectivity index (χ4n) is 4.73. The Morgan fingerprint density at radius 2 is 1.29 bits per heavy atom. The van der Waals surface area contributed by atoms with Crippen LogP contribution < -0.4 is 4.74 Å². The first kappa shape index (κ1) is 21.0. The predicted octanol–water partition coefficient (Wildman–Crippen LogP) is 8.39. The maximum atomic E-state index is 5.26. The molecule has 1 aliphatic carbocycles. The monoisotopic (exact) mass is 378 g/mol. The normalized spacial score (nSPS) is 19.5. The number of methoxy groups -OCH3 is 1. The smallest absolute Gasteiger partial charge is 0.118 e. The van der Waals surface area contributed by atoms with Crippen LogP contribution in [-0.2, 0) is 0 Å². The van der Waals surface area contributed by atoms with Crippen molar-refractivity contribution in [3.05, 3.63) is 54.1 Å². The maximum Gasteiger partial charge on any atom is 0.118 e. The highest BCUT2D eigenvalue weighted by molar-refractivity contribution is 5.64. The van der Waals surface area contributed by atoms with Crippen LogP contribution in [0.3, 0.4) is 0 Å². The first-order valence-corrected chi connectivity index (χ1v) is 11.5. The van der Waals surface area contributed by atoms with Crippen molar-refractivity contribution >= 4 is 0 Å². The molecule has 0 saturated heterocycles. The molecule has 0 bridgehead atoms. The third-order valence-corrected chi connectivity index (χ3v) is 6.62. The highest BCUT2D eigenvalue weighted by atomic mass is 16.5. The number of hydrogen-bond donors (Lipinski definition) is 0. The summed E-state index contributed by atoms with van der Waals surface area (Å²) in [6.45, 7) is 2.30. The summed E-state index contributed by atoms with van der Waals surface area (Å²) < 4.78 is 5.26. The van der Waals surface area contributed by atoms with E-state index >= 15 is 0 Å². The molecular weight excluding hydrogens is 340 g/mol. The Labute approximate surface area is 172 Å². The van der Waals surface area contributed by atoms with Gasteiger partial charge in [0, 0.05) is 0 Å². The fraction of sp³-hybridized carbons (Fsp3) is 0.556. The van der Waals surface area contributed by atoms with Gasteiger partial charge < -0.3 is 4.74 Å². The summed E-state index contributed by atoms with van der Waals surface area (Å²) in [6.07, 6.45) is 15.6. The van der Waals surface area contributed by atoms with Crippen LogP contribution in [0.5, 0.6) is 5.75 Å². The van der Waals surface area contributed by atoms with Gasteiger partial charge in [0.2, 0.25) is 0 Å². The molecule has 28 heavy (non-hydrogen) atoms. The van der Waals surface area contributed by atoms with E-state index in [1.165, 1.54) is 87.3 Å². The zero-order valence-corrected chi connectivity index (χ0v) is 18.0. The lowest BCUT2D eigenvalue weighted by molar-refractivity contribution is 0.302. The van der Waals surface area contributed by atoms with Crippen LogP contribution in [0.1, 0.15) is 89.0 Å². The van der Waals surface area contributed by atoms with E-state index in [0.717, 1.165) is 17.6 Å². The molecule has 0 unspecified atom stereocenters. The van der Waals surface area contributed by atoms with Crippen LogP contribution in [-0.4, -0.2) is 7.11 Å². The maximum absolute atomic E-state index is 5.26. The lowest BCUT2D eigenvalue weighted by atomic mass is 9.77. The van der Waals surface area contributed by atoms with Crippen molar-refractivity contribution in [2.45, 2.75) is 83.5 Å². The Morgan fingerprint density at radius 1 is 0.714 bits per heavy atom. The van der Waals surface area contributed by atoms with Crippen molar-refractivity contribution in [2.75, 3.05) is 7.11 Å². The average molecular weight is 379 g/mol. The molecule has 152 valence electrons. The molecule has 3 rings (SSSR count). The lowest BCUT2D eigenvalue weighted by Crippen LogP contribution is -2.13. The first-order valence-electron chi connectivity index (χ1n) is 11.5. The predicted molar refractivity (Wildman–Crippen MR) is 121 cm³/mol. The molecule has 1 aliphatic rings. The van der Waals surface area contributed by atoms with E-state index in [1.54, 1.807) is 7.11 Å². The van der Waals surface area contributed by atoms with Gasteiger partial charge in [0.15, 0.2) is 0 Å². The summed E-state index contributed by atoms with van der Waals surface area (Å²) in [4.78, 5) is 0. The number of ether oxygens (including phenoxy) is 1. The van der Waals surface area contributed by atoms with Crippen molar-refractivity contribution < 1.29 is 4.74 Å². The van der Waals surface area contributed by atoms with Crippen molar-refractivity contribution in [3.8, 4) is 16.9 Å². The molecule has 0 aromatic heterocycles. The number of benzene rings is 2. The molecule has 0 amide bonds. The van der Waals surface area contributed by atoms with Gasteiger partial charge in [-0.05, 0) is 66.3 Å². The summed E-state index contributed by atoms with van der Waals surface area (Å²) in [5.74, 6) is 2.67. The zero-order chi connectivity index (χ0) is 19.6. The molecule has 0 radical (unpaired) electrons. The minimum absolute atomic E-state index is 0.769. The highest BCUT2D eigenvalue weighted by Crippen LogP contribution is 2.38. The van der Waals surface area contributed by atoms with Crippen LogP contribution >= 0.6 is 0 Å². The van der Waals surface area contributed by atoms with Crippen molar-refractivity contribution in [2.24, 2.45) is 5.92 Å². The van der Waals surface area contributed by atoms with Gasteiger partial charge in [-0.1, -0.05) is 88.3 Å². The Bertz CT molecular complexity index is 662. The number of unbranched alkanes of at least 4 members (excludes halogenated alkanes) is 5. The zero-order valence-electron chi connectivity index (χ0n) is 18.0. The molecule has 1 fully saturated rings. The first-order chi connectivity index (χ1) is 13.8. The van der Waals surface area contributed by atoms with E-state index < -0.39 is 0 Å². The quantitative estimate of drug-likeness (QED) is 0.377. The van der Waals surface area contributed by atoms with Gasteiger partial charge in [0.1, 0.15) is 5.75 Å². The van der Waals surface area contributed by atoms with Gasteiger partial charge >= 0.3 is 0 Å². The second-order valence-electron chi connectivity index (χ2n) is 8.62. The van der Waals surface area contributed by atoms with Crippen LogP contribution in [0.2, 0.25) is 0 Å². The van der Waals surface area contributed by atoms with Crippen molar-refractivity contribution in [1.29, 1.82) is 0 Å². The molecule has 1 saturated carbocycles. The average Bonchev–Trinajstić information content (AvgIpc) is 2.77. The molecule has 0 atom stereocenters. The number of hydrogen-bond acceptors (Lipinski definition) is 1. The van der Waals surface area contributed by atoms with Gasteiger partial charge in [-0.3, -0.25) is 0 Å². The molecule has 1 heteroatoms. The largest absolute Gasteiger partial charge is 0.497 e. The third kappa shape index (κ3) is 6.12. The van der Waals surface area contributed by atoms with Crippen molar-refractivity contribution in [1.82, 2.24) is 0 Å². The van der Waals surface area contributed by atoms with Gasteiger partial charge in [-0.25, -0.2) is 0 Å². The summed E-state index contributed by atoms with van der Waals surface area (Å²) >= 11 is 0. The van der Waals surface area contributed by atoms with Crippen LogP contribution in [0.25, 0.3) is 11.1 Å². The van der Waals surface area contributed by atoms with E-state index in [0.29, 0.717) is 0 Å². The van der Waals surface area contributed by atoms with E-state index in [2.05, 4.69) is 43.3 Å². The summed E-state index contributed by atoms with van der Waals surface area (Å²) in [5.41, 5.74) is 4.09. The van der Waals surface area contributed by atoms with Gasteiger partial charge in [0.25, 0.3) is 0 Å². The summed E-state index contributed by atoms with van der Waals surface area (Å²) in [6, 6.07) is 17.7. The van der Waals surface area contributed by atoms with Gasteiger partial charge in [0.05, 0.1) is 7.11 Å². The second-order valence-corrected chi connectivity index (χ2v) is 8.62. The molecule has 0 heterocycles. The van der Waals surface area contributed by atoms with Gasteiger partial charge in [-0.2, -0.15) is 0 Å². The van der Waals surface area contributed by atoms with Crippen LogP contribution in [0.15, 0.2) is 48.5 Å². The van der Waals surface area contributed by atoms with Crippen molar-refractivity contribution in [3.63, 3.8) is 0 Å². The summed E-state index contributed by atoms with van der Waals surface area (Å²) in [7, 11) is 1.71. The van der Waals surface area contributed by atoms with E-state index in [-0.39, 0.29) is 0 Å². The Kier molecular flexibility index (Phi) is 8.45. The standard InChI is InChI=1S/C27H38O/c1-3-4-5-6-7-8-9-22-10-12-23(13-11-22)24-14-16-25(17-15-24)26-18-20-27(28-2)21-19-26/h14-23H,3-13H2,1-2H3. The van der Waals surface area contributed by atoms with E-state index in [1.807, 2.05) is 12.1 Å². The van der Waals surface area contributed by atoms with Gasteiger partial charge in [-0.15, -0.1) is 0 Å². The number of rotatable bonds is 10. The SMILES string of the molecule is CCCCCCCCC1CCC(c2ccc(-c3ccc(OC)cc3)cc2)CC1. The molecule has 1 nitrogen and oxygen atoms in total. The molecular formula is C27H38O. The molecule has 0 N–H and O–H groups in total. The second kappa shape index (κ2) is 11.3. The Morgan fingerprint density at radius 3 is 1.89 bits per heavy atom. The minimum Gasteiger partial charge on any atom is -0.497 e. The molecule has 0 spiro atoms. The third-order valence-electron chi connectivity index (χ3n) is 6.62. The summed E-state index contributed by atoms with van der Waals surface area (Å²) in [5, 5.41) is 0. The molecule has 2 aromatic carbocycles. The lowest BCUT2D eigenvalue weighted by Gasteiger charge is -2.29. The van der Waals surface area contributed by atoms with E-state index in [9.17, 15) is 0 Å². The highest BCUT2D eigenvalue weighted by Gasteiger charge is 2.22. The Hall–Kier alpha value is -1.76.